The Morgan fingerprint density at radius 1 is 1.19 bits per heavy atom. The molecule has 2 rings (SSSR count). The van der Waals surface area contributed by atoms with Crippen molar-refractivity contribution < 1.29 is 9.13 Å². The number of hydrogen-bond acceptors (Lipinski definition) is 5. The quantitative estimate of drug-likeness (QED) is 0.750. The van der Waals surface area contributed by atoms with E-state index in [1.54, 1.807) is 0 Å². The van der Waals surface area contributed by atoms with Gasteiger partial charge in [0, 0.05) is 18.3 Å². The molecule has 4 N–H and O–H groups in total. The van der Waals surface area contributed by atoms with Crippen LogP contribution in [-0.4, -0.2) is 9.97 Å². The maximum Gasteiger partial charge on any atom is 0.224 e. The normalized spacial score (nSPS) is 10.1. The number of anilines is 2. The molecule has 5 nitrogen and oxygen atoms in total. The molecule has 0 fully saturated rings. The number of nitrogens with zero attached hydrogens (tertiary/aromatic N) is 2. The van der Waals surface area contributed by atoms with Gasteiger partial charge in [-0.05, 0) is 12.1 Å². The van der Waals surface area contributed by atoms with Crippen molar-refractivity contribution in [1.29, 1.82) is 0 Å². The first-order chi connectivity index (χ1) is 7.65. The second-order valence-electron chi connectivity index (χ2n) is 3.04. The minimum absolute atomic E-state index is 0.0135. The third-order valence-corrected chi connectivity index (χ3v) is 1.84. The van der Waals surface area contributed by atoms with E-state index in [1.165, 1.54) is 30.5 Å². The first kappa shape index (κ1) is 10.2. The van der Waals surface area contributed by atoms with Crippen LogP contribution >= 0.6 is 0 Å². The SMILES string of the molecule is Nc1nccc(Oc2ccc(F)c(N)c2)n1. The summed E-state index contributed by atoms with van der Waals surface area (Å²) in [6.45, 7) is 0. The van der Waals surface area contributed by atoms with Crippen LogP contribution in [0.15, 0.2) is 30.5 Å². The van der Waals surface area contributed by atoms with E-state index < -0.39 is 5.82 Å². The zero-order valence-electron chi connectivity index (χ0n) is 8.22. The summed E-state index contributed by atoms with van der Waals surface area (Å²) in [4.78, 5) is 7.55. The summed E-state index contributed by atoms with van der Waals surface area (Å²) < 4.78 is 18.2. The summed E-state index contributed by atoms with van der Waals surface area (Å²) in [6.07, 6.45) is 1.46. The predicted octanol–water partition coefficient (Wildman–Crippen LogP) is 1.57. The van der Waals surface area contributed by atoms with Gasteiger partial charge in [-0.3, -0.25) is 0 Å². The molecule has 82 valence electrons. The lowest BCUT2D eigenvalue weighted by Crippen LogP contribution is -1.97. The highest BCUT2D eigenvalue weighted by Crippen LogP contribution is 2.23. The van der Waals surface area contributed by atoms with Crippen molar-refractivity contribution in [1.82, 2.24) is 9.97 Å². The second-order valence-corrected chi connectivity index (χ2v) is 3.04. The number of ether oxygens (including phenoxy) is 1. The Balaban J connectivity index is 2.24. The maximum absolute atomic E-state index is 12.9. The Bertz CT molecular complexity index is 518. The highest BCUT2D eigenvalue weighted by molar-refractivity contribution is 5.46. The monoisotopic (exact) mass is 220 g/mol. The average molecular weight is 220 g/mol. The molecule has 2 aromatic rings. The molecule has 16 heavy (non-hydrogen) atoms. The third kappa shape index (κ3) is 2.17. The molecule has 6 heteroatoms. The number of nitrogens with two attached hydrogens (primary N) is 2. The van der Waals surface area contributed by atoms with E-state index in [0.717, 1.165) is 0 Å². The molecule has 0 unspecified atom stereocenters. The van der Waals surface area contributed by atoms with E-state index >= 15 is 0 Å². The van der Waals surface area contributed by atoms with Gasteiger partial charge in [-0.15, -0.1) is 0 Å². The van der Waals surface area contributed by atoms with Crippen molar-refractivity contribution in [3.8, 4) is 11.6 Å². The Morgan fingerprint density at radius 2 is 2.00 bits per heavy atom. The van der Waals surface area contributed by atoms with Gasteiger partial charge in [-0.25, -0.2) is 9.37 Å². The molecule has 0 atom stereocenters. The zero-order valence-corrected chi connectivity index (χ0v) is 8.22. The molecule has 0 saturated carbocycles. The summed E-state index contributed by atoms with van der Waals surface area (Å²) >= 11 is 0. The highest BCUT2D eigenvalue weighted by atomic mass is 19.1. The van der Waals surface area contributed by atoms with Crippen LogP contribution < -0.4 is 16.2 Å². The van der Waals surface area contributed by atoms with E-state index in [9.17, 15) is 4.39 Å². The molecular formula is C10H9FN4O. The van der Waals surface area contributed by atoms with Gasteiger partial charge in [0.25, 0.3) is 0 Å². The highest BCUT2D eigenvalue weighted by Gasteiger charge is 2.03. The summed E-state index contributed by atoms with van der Waals surface area (Å²) in [5.74, 6) is 0.276. The zero-order chi connectivity index (χ0) is 11.5. The number of rotatable bonds is 2. The fourth-order valence-corrected chi connectivity index (χ4v) is 1.12. The lowest BCUT2D eigenvalue weighted by molar-refractivity contribution is 0.461. The summed E-state index contributed by atoms with van der Waals surface area (Å²) in [7, 11) is 0. The van der Waals surface area contributed by atoms with Crippen molar-refractivity contribution in [3.63, 3.8) is 0 Å². The minimum Gasteiger partial charge on any atom is -0.439 e. The first-order valence-corrected chi connectivity index (χ1v) is 4.46. The Labute approximate surface area is 90.9 Å². The van der Waals surface area contributed by atoms with Crippen molar-refractivity contribution in [2.24, 2.45) is 0 Å². The van der Waals surface area contributed by atoms with Crippen molar-refractivity contribution in [3.05, 3.63) is 36.3 Å². The van der Waals surface area contributed by atoms with Gasteiger partial charge < -0.3 is 16.2 Å². The number of halogens is 1. The molecule has 0 aliphatic rings. The van der Waals surface area contributed by atoms with Gasteiger partial charge in [0.2, 0.25) is 11.8 Å². The third-order valence-electron chi connectivity index (χ3n) is 1.84. The topological polar surface area (TPSA) is 87.0 Å². The second kappa shape index (κ2) is 4.01. The first-order valence-electron chi connectivity index (χ1n) is 4.46. The number of nitrogen functional groups attached to an aromatic ring is 2. The Hall–Kier alpha value is -2.37. The van der Waals surface area contributed by atoms with Crippen LogP contribution in [0.3, 0.4) is 0 Å². The fourth-order valence-electron chi connectivity index (χ4n) is 1.12. The fraction of sp³-hybridized carbons (Fsp3) is 0. The van der Waals surface area contributed by atoms with Gasteiger partial charge in [0.1, 0.15) is 11.6 Å². The van der Waals surface area contributed by atoms with E-state index in [0.29, 0.717) is 5.75 Å². The van der Waals surface area contributed by atoms with Crippen molar-refractivity contribution in [2.45, 2.75) is 0 Å². The Kier molecular flexibility index (Phi) is 2.55. The van der Waals surface area contributed by atoms with E-state index in [2.05, 4.69) is 9.97 Å². The van der Waals surface area contributed by atoms with E-state index in [-0.39, 0.29) is 17.5 Å². The van der Waals surface area contributed by atoms with E-state index in [1.807, 2.05) is 0 Å². The van der Waals surface area contributed by atoms with E-state index in [4.69, 9.17) is 16.2 Å². The number of benzene rings is 1. The number of hydrogen-bond donors (Lipinski definition) is 2. The molecular weight excluding hydrogens is 211 g/mol. The lowest BCUT2D eigenvalue weighted by Gasteiger charge is -2.05. The van der Waals surface area contributed by atoms with Crippen molar-refractivity contribution in [2.75, 3.05) is 11.5 Å². The molecule has 1 aromatic carbocycles. The van der Waals surface area contributed by atoms with Gasteiger partial charge >= 0.3 is 0 Å². The standard InChI is InChI=1S/C10H9FN4O/c11-7-2-1-6(5-8(7)12)16-9-3-4-14-10(13)15-9/h1-5H,12H2,(H2,13,14,15). The van der Waals surface area contributed by atoms with Crippen LogP contribution in [0.1, 0.15) is 0 Å². The molecule has 0 amide bonds. The maximum atomic E-state index is 12.9. The van der Waals surface area contributed by atoms with Crippen molar-refractivity contribution >= 4 is 11.6 Å². The summed E-state index contributed by atoms with van der Waals surface area (Å²) in [5.41, 5.74) is 10.8. The Morgan fingerprint density at radius 3 is 2.69 bits per heavy atom. The van der Waals surface area contributed by atoms with Crippen LogP contribution in [0.5, 0.6) is 11.6 Å². The van der Waals surface area contributed by atoms with Gasteiger partial charge in [-0.1, -0.05) is 0 Å². The minimum atomic E-state index is -0.491. The molecule has 1 heterocycles. The summed E-state index contributed by atoms with van der Waals surface area (Å²) in [6, 6.07) is 5.57. The largest absolute Gasteiger partial charge is 0.439 e. The predicted molar refractivity (Wildman–Crippen MR) is 57.3 cm³/mol. The van der Waals surface area contributed by atoms with Gasteiger partial charge in [0.15, 0.2) is 0 Å². The van der Waals surface area contributed by atoms with Gasteiger partial charge in [-0.2, -0.15) is 4.98 Å². The van der Waals surface area contributed by atoms with Crippen LogP contribution in [0.25, 0.3) is 0 Å². The molecule has 0 saturated heterocycles. The van der Waals surface area contributed by atoms with Crippen LogP contribution in [0, 0.1) is 5.82 Å². The molecule has 1 aromatic heterocycles. The average Bonchev–Trinajstić information content (AvgIpc) is 2.24. The molecule has 0 aliphatic heterocycles. The molecule has 0 radical (unpaired) electrons. The molecule has 0 spiro atoms. The smallest absolute Gasteiger partial charge is 0.224 e. The molecule has 0 bridgehead atoms. The number of aromatic nitrogens is 2. The lowest BCUT2D eigenvalue weighted by atomic mass is 10.3. The summed E-state index contributed by atoms with van der Waals surface area (Å²) in [5, 5.41) is 0. The van der Waals surface area contributed by atoms with Crippen LogP contribution in [0.2, 0.25) is 0 Å². The molecule has 0 aliphatic carbocycles. The van der Waals surface area contributed by atoms with Crippen LogP contribution in [-0.2, 0) is 0 Å². The van der Waals surface area contributed by atoms with Crippen LogP contribution in [0.4, 0.5) is 16.0 Å². The van der Waals surface area contributed by atoms with Gasteiger partial charge in [0.05, 0.1) is 5.69 Å².